The summed E-state index contributed by atoms with van der Waals surface area (Å²) < 4.78 is 32.7. The molecule has 2 fully saturated rings. The number of fused-ring (bicyclic) bond motifs is 1. The molecule has 3 heterocycles. The van der Waals surface area contributed by atoms with Gasteiger partial charge in [-0.2, -0.15) is 0 Å². The highest BCUT2D eigenvalue weighted by molar-refractivity contribution is 5.88. The van der Waals surface area contributed by atoms with Crippen molar-refractivity contribution in [2.24, 2.45) is 0 Å². The van der Waals surface area contributed by atoms with E-state index in [9.17, 15) is 55.5 Å². The molecule has 2 aliphatic rings. The Labute approximate surface area is 252 Å². The quantitative estimate of drug-likeness (QED) is 0.105. The van der Waals surface area contributed by atoms with Crippen LogP contribution < -0.4 is 10.2 Å². The predicted octanol–water partition coefficient (Wildman–Crippen LogP) is -1.50. The fourth-order valence-electron chi connectivity index (χ4n) is 4.92. The lowest BCUT2D eigenvalue weighted by Gasteiger charge is -2.41. The summed E-state index contributed by atoms with van der Waals surface area (Å²) in [4.78, 5) is 24.8. The van der Waals surface area contributed by atoms with Crippen LogP contribution in [0, 0.1) is 0 Å². The molecule has 45 heavy (non-hydrogen) atoms. The maximum Gasteiger partial charge on any atom is 0.303 e. The van der Waals surface area contributed by atoms with E-state index < -0.39 is 113 Å². The maximum absolute atomic E-state index is 13.6. The van der Waals surface area contributed by atoms with E-state index in [-0.39, 0.29) is 17.8 Å². The van der Waals surface area contributed by atoms with Crippen LogP contribution in [0.15, 0.2) is 39.5 Å². The maximum atomic E-state index is 13.6. The van der Waals surface area contributed by atoms with Gasteiger partial charge in [0.25, 0.3) is 0 Å². The lowest BCUT2D eigenvalue weighted by atomic mass is 9.99. The van der Waals surface area contributed by atoms with Crippen molar-refractivity contribution in [1.82, 2.24) is 0 Å². The lowest BCUT2D eigenvalue weighted by molar-refractivity contribution is -0.308. The van der Waals surface area contributed by atoms with Crippen LogP contribution in [-0.4, -0.2) is 120 Å². The summed E-state index contributed by atoms with van der Waals surface area (Å²) in [5.74, 6) is -4.10. The van der Waals surface area contributed by atoms with Crippen molar-refractivity contribution in [3.63, 3.8) is 0 Å². The number of aliphatic hydroxyl groups excluding tert-OH is 5. The van der Waals surface area contributed by atoms with Crippen LogP contribution in [0.3, 0.4) is 0 Å². The van der Waals surface area contributed by atoms with Gasteiger partial charge in [-0.1, -0.05) is 0 Å². The van der Waals surface area contributed by atoms with Crippen molar-refractivity contribution in [1.29, 1.82) is 0 Å². The minimum Gasteiger partial charge on any atom is -0.508 e. The first kappa shape index (κ1) is 32.2. The number of aliphatic hydroxyl groups is 5. The molecule has 5 rings (SSSR count). The molecule has 3 aromatic rings. The number of hydrogen-bond donors (Lipinski definition) is 9. The second kappa shape index (κ2) is 12.7. The Morgan fingerprint density at radius 1 is 0.867 bits per heavy atom. The summed E-state index contributed by atoms with van der Waals surface area (Å²) in [7, 11) is 0. The number of ether oxygens (including phenoxy) is 5. The second-order valence-corrected chi connectivity index (χ2v) is 10.4. The van der Waals surface area contributed by atoms with Gasteiger partial charge in [0.15, 0.2) is 29.7 Å². The van der Waals surface area contributed by atoms with Crippen molar-refractivity contribution >= 4 is 16.9 Å². The van der Waals surface area contributed by atoms with E-state index in [2.05, 4.69) is 0 Å². The van der Waals surface area contributed by atoms with Crippen LogP contribution >= 0.6 is 0 Å². The Hall–Kier alpha value is -4.20. The average Bonchev–Trinajstić information content (AvgIpc) is 2.97. The number of rotatable bonds is 7. The Bertz CT molecular complexity index is 1620. The Morgan fingerprint density at radius 3 is 2.27 bits per heavy atom. The number of phenols is 4. The van der Waals surface area contributed by atoms with Gasteiger partial charge in [-0.15, -0.1) is 0 Å². The Kier molecular flexibility index (Phi) is 9.06. The van der Waals surface area contributed by atoms with Crippen LogP contribution in [0.1, 0.15) is 6.92 Å². The first-order valence-electron chi connectivity index (χ1n) is 13.4. The van der Waals surface area contributed by atoms with E-state index in [1.54, 1.807) is 0 Å². The summed E-state index contributed by atoms with van der Waals surface area (Å²) in [6.45, 7) is 0.138. The van der Waals surface area contributed by atoms with E-state index in [4.69, 9.17) is 28.1 Å². The van der Waals surface area contributed by atoms with Gasteiger partial charge in [-0.05, 0) is 18.2 Å². The third-order valence-corrected chi connectivity index (χ3v) is 7.23. The predicted molar refractivity (Wildman–Crippen MR) is 145 cm³/mol. The highest BCUT2D eigenvalue weighted by atomic mass is 16.7. The normalized spacial score (nSPS) is 30.2. The van der Waals surface area contributed by atoms with E-state index in [0.717, 1.165) is 31.2 Å². The van der Waals surface area contributed by atoms with Gasteiger partial charge in [0, 0.05) is 24.6 Å². The summed E-state index contributed by atoms with van der Waals surface area (Å²) in [6, 6.07) is 5.21. The van der Waals surface area contributed by atoms with E-state index in [0.29, 0.717) is 0 Å². The lowest BCUT2D eigenvalue weighted by Crippen LogP contribution is -2.61. The van der Waals surface area contributed by atoms with E-state index in [1.807, 2.05) is 0 Å². The van der Waals surface area contributed by atoms with Crippen molar-refractivity contribution < 1.29 is 78.9 Å². The van der Waals surface area contributed by atoms with E-state index >= 15 is 0 Å². The smallest absolute Gasteiger partial charge is 0.303 e. The van der Waals surface area contributed by atoms with Gasteiger partial charge >= 0.3 is 5.97 Å². The number of esters is 1. The van der Waals surface area contributed by atoms with Gasteiger partial charge < -0.3 is 74.1 Å². The minimum atomic E-state index is -1.98. The Morgan fingerprint density at radius 2 is 1.58 bits per heavy atom. The zero-order valence-electron chi connectivity index (χ0n) is 23.3. The van der Waals surface area contributed by atoms with Crippen molar-refractivity contribution in [2.45, 2.75) is 62.2 Å². The average molecular weight is 639 g/mol. The molecule has 17 heteroatoms. The fraction of sp³-hybridized carbons (Fsp3) is 0.429. The fourth-order valence-corrected chi connectivity index (χ4v) is 4.92. The zero-order chi connectivity index (χ0) is 32.7. The molecule has 9 N–H and O–H groups in total. The summed E-state index contributed by atoms with van der Waals surface area (Å²) >= 11 is 0. The third kappa shape index (κ3) is 6.33. The number of aromatic hydroxyl groups is 4. The highest BCUT2D eigenvalue weighted by Crippen LogP contribution is 2.39. The number of carbonyl (C=O) groups excluding carboxylic acids is 1. The molecule has 0 bridgehead atoms. The SMILES string of the molecule is CC(=O)OC1COC(OCC2OC(Oc3c(-c4ccc(O)c(O)c4)oc4cc(O)cc(O)c4c3=O)C(O)C(O)C2O)C(O)C1O. The van der Waals surface area contributed by atoms with Gasteiger partial charge in [0.1, 0.15) is 59.1 Å². The molecule has 9 atom stereocenters. The molecule has 244 valence electrons. The first-order chi connectivity index (χ1) is 21.3. The molecule has 0 amide bonds. The molecular formula is C28H30O17. The van der Waals surface area contributed by atoms with Crippen molar-refractivity contribution in [3.8, 4) is 40.1 Å². The zero-order valence-corrected chi connectivity index (χ0v) is 23.3. The third-order valence-electron chi connectivity index (χ3n) is 7.23. The van der Waals surface area contributed by atoms with Gasteiger partial charge in [-0.25, -0.2) is 0 Å². The van der Waals surface area contributed by atoms with Crippen LogP contribution in [0.4, 0.5) is 0 Å². The molecule has 2 saturated heterocycles. The minimum absolute atomic E-state index is 0.0399. The molecule has 2 aromatic carbocycles. The molecule has 17 nitrogen and oxygen atoms in total. The van der Waals surface area contributed by atoms with Gasteiger partial charge in [0.2, 0.25) is 17.5 Å². The monoisotopic (exact) mass is 638 g/mol. The second-order valence-electron chi connectivity index (χ2n) is 10.4. The summed E-state index contributed by atoms with van der Waals surface area (Å²) in [5, 5.41) is 92.1. The molecule has 9 unspecified atom stereocenters. The number of carbonyl (C=O) groups is 1. The molecule has 0 saturated carbocycles. The van der Waals surface area contributed by atoms with Gasteiger partial charge in [-0.3, -0.25) is 9.59 Å². The van der Waals surface area contributed by atoms with Gasteiger partial charge in [0.05, 0.1) is 13.2 Å². The number of benzene rings is 2. The van der Waals surface area contributed by atoms with Crippen LogP contribution in [0.5, 0.6) is 28.7 Å². The Balaban J connectivity index is 1.43. The topological polar surface area (TPSA) is 275 Å². The van der Waals surface area contributed by atoms with Crippen molar-refractivity contribution in [2.75, 3.05) is 13.2 Å². The molecule has 1 aromatic heterocycles. The number of phenolic OH excluding ortho intramolecular Hbond substituents is 4. The van der Waals surface area contributed by atoms with Crippen molar-refractivity contribution in [3.05, 3.63) is 40.6 Å². The molecule has 2 aliphatic heterocycles. The molecule has 0 aliphatic carbocycles. The summed E-state index contributed by atoms with van der Waals surface area (Å²) in [5.41, 5.74) is -1.37. The van der Waals surface area contributed by atoms with Crippen LogP contribution in [-0.2, 0) is 23.7 Å². The standard InChI is InChI=1S/C28H30O17/c1-9(29)42-16-7-40-27(23(38)20(16)35)41-8-17-19(34)22(37)24(39)28(44-17)45-26-21(36)18-14(33)5-11(30)6-15(18)43-25(26)10-2-3-12(31)13(32)4-10/h2-6,16-17,19-20,22-24,27-28,30-35,37-39H,7-8H2,1H3. The van der Waals surface area contributed by atoms with Crippen LogP contribution in [0.2, 0.25) is 0 Å². The highest BCUT2D eigenvalue weighted by Gasteiger charge is 2.47. The molecule has 0 spiro atoms. The number of hydrogen-bond acceptors (Lipinski definition) is 17. The van der Waals surface area contributed by atoms with E-state index in [1.165, 1.54) is 6.07 Å². The summed E-state index contributed by atoms with van der Waals surface area (Å²) in [6.07, 6.45) is -15.1. The first-order valence-corrected chi connectivity index (χ1v) is 13.4. The molecule has 0 radical (unpaired) electrons. The largest absolute Gasteiger partial charge is 0.508 e. The van der Waals surface area contributed by atoms with Crippen LogP contribution in [0.25, 0.3) is 22.3 Å². The molecular weight excluding hydrogens is 608 g/mol.